The second kappa shape index (κ2) is 8.55. The molecule has 0 aliphatic rings. The van der Waals surface area contributed by atoms with E-state index in [-0.39, 0.29) is 0 Å². The Morgan fingerprint density at radius 3 is 2.45 bits per heavy atom. The zero-order chi connectivity index (χ0) is 15.1. The zero-order valence-corrected chi connectivity index (χ0v) is 14.2. The third kappa shape index (κ3) is 5.35. The Labute approximate surface area is 132 Å². The van der Waals surface area contributed by atoms with Gasteiger partial charge in [-0.2, -0.15) is 0 Å². The first-order valence-corrected chi connectivity index (χ1v) is 7.67. The second-order valence-corrected chi connectivity index (χ2v) is 5.94. The molecular formula is C14H24Cl2N4. The molecule has 1 aromatic rings. The summed E-state index contributed by atoms with van der Waals surface area (Å²) >= 11 is 12.4. The predicted molar refractivity (Wildman–Crippen MR) is 89.5 cm³/mol. The largest absolute Gasteiger partial charge is 0.369 e. The molecule has 1 aromatic heterocycles. The molecule has 6 heteroatoms. The van der Waals surface area contributed by atoms with Crippen LogP contribution in [0.15, 0.2) is 6.07 Å². The quantitative estimate of drug-likeness (QED) is 0.793. The van der Waals surface area contributed by atoms with Crippen molar-refractivity contribution >= 4 is 34.8 Å². The Hall–Kier alpha value is -0.710. The standard InChI is InChI=1S/C14H24Cl2N4/c1-5-7-17-13-11(15)10-12(16)14(18-13)20(4)9-6-8-19(2)3/h10H,5-9H2,1-4H3,(H,17,18). The molecule has 0 atom stereocenters. The molecule has 0 unspecified atom stereocenters. The minimum atomic E-state index is 0.564. The van der Waals surface area contributed by atoms with Gasteiger partial charge in [0, 0.05) is 20.1 Å². The highest BCUT2D eigenvalue weighted by Crippen LogP contribution is 2.31. The topological polar surface area (TPSA) is 31.4 Å². The van der Waals surface area contributed by atoms with E-state index in [9.17, 15) is 0 Å². The SMILES string of the molecule is CCCNc1nc(N(C)CCCN(C)C)c(Cl)cc1Cl. The summed E-state index contributed by atoms with van der Waals surface area (Å²) in [5, 5.41) is 4.37. The summed E-state index contributed by atoms with van der Waals surface area (Å²) < 4.78 is 0. The lowest BCUT2D eigenvalue weighted by Gasteiger charge is -2.21. The normalized spacial score (nSPS) is 10.9. The van der Waals surface area contributed by atoms with Gasteiger partial charge in [0.1, 0.15) is 11.6 Å². The van der Waals surface area contributed by atoms with E-state index in [0.717, 1.165) is 38.3 Å². The summed E-state index contributed by atoms with van der Waals surface area (Å²) in [5.74, 6) is 1.47. The summed E-state index contributed by atoms with van der Waals surface area (Å²) in [6, 6.07) is 1.76. The number of rotatable bonds is 8. The minimum Gasteiger partial charge on any atom is -0.369 e. The van der Waals surface area contributed by atoms with Crippen molar-refractivity contribution in [3.63, 3.8) is 0 Å². The first kappa shape index (κ1) is 17.3. The summed E-state index contributed by atoms with van der Waals surface area (Å²) in [6.45, 7) is 4.89. The van der Waals surface area contributed by atoms with E-state index < -0.39 is 0 Å². The van der Waals surface area contributed by atoms with Crippen molar-refractivity contribution in [2.75, 3.05) is 51.0 Å². The molecular weight excluding hydrogens is 295 g/mol. The Bertz CT molecular complexity index is 424. The summed E-state index contributed by atoms with van der Waals surface area (Å²) in [4.78, 5) is 8.78. The van der Waals surface area contributed by atoms with Crippen LogP contribution < -0.4 is 10.2 Å². The van der Waals surface area contributed by atoms with Crippen molar-refractivity contribution in [1.82, 2.24) is 9.88 Å². The highest BCUT2D eigenvalue weighted by molar-refractivity contribution is 6.37. The van der Waals surface area contributed by atoms with Crippen LogP contribution in [0.1, 0.15) is 19.8 Å². The Kier molecular flexibility index (Phi) is 7.41. The van der Waals surface area contributed by atoms with Gasteiger partial charge in [0.05, 0.1) is 10.0 Å². The lowest BCUT2D eigenvalue weighted by atomic mass is 10.3. The molecule has 0 bridgehead atoms. The number of pyridine rings is 1. The predicted octanol–water partition coefficient (Wildman–Crippen LogP) is 3.60. The van der Waals surface area contributed by atoms with Crippen LogP contribution in [0.5, 0.6) is 0 Å². The van der Waals surface area contributed by atoms with Gasteiger partial charge in [-0.25, -0.2) is 4.98 Å². The van der Waals surface area contributed by atoms with Gasteiger partial charge in [-0.15, -0.1) is 0 Å². The van der Waals surface area contributed by atoms with E-state index in [2.05, 4.69) is 41.1 Å². The lowest BCUT2D eigenvalue weighted by molar-refractivity contribution is 0.401. The lowest BCUT2D eigenvalue weighted by Crippen LogP contribution is -2.24. The second-order valence-electron chi connectivity index (χ2n) is 5.13. The van der Waals surface area contributed by atoms with Crippen LogP contribution in [-0.4, -0.2) is 50.7 Å². The van der Waals surface area contributed by atoms with E-state index in [1.54, 1.807) is 6.07 Å². The summed E-state index contributed by atoms with van der Waals surface area (Å²) in [5.41, 5.74) is 0. The van der Waals surface area contributed by atoms with Gasteiger partial charge < -0.3 is 15.1 Å². The van der Waals surface area contributed by atoms with Gasteiger partial charge in [0.2, 0.25) is 0 Å². The number of nitrogens with zero attached hydrogens (tertiary/aromatic N) is 3. The van der Waals surface area contributed by atoms with Crippen LogP contribution in [0.4, 0.5) is 11.6 Å². The van der Waals surface area contributed by atoms with Gasteiger partial charge in [-0.3, -0.25) is 0 Å². The van der Waals surface area contributed by atoms with Crippen LogP contribution >= 0.6 is 23.2 Å². The molecule has 0 spiro atoms. The molecule has 1 N–H and O–H groups in total. The molecule has 0 fully saturated rings. The molecule has 0 aliphatic carbocycles. The first-order valence-electron chi connectivity index (χ1n) is 6.91. The average molecular weight is 319 g/mol. The van der Waals surface area contributed by atoms with Crippen molar-refractivity contribution in [1.29, 1.82) is 0 Å². The number of aromatic nitrogens is 1. The summed E-state index contributed by atoms with van der Waals surface area (Å²) in [7, 11) is 6.14. The van der Waals surface area contributed by atoms with Crippen molar-refractivity contribution in [2.45, 2.75) is 19.8 Å². The molecule has 0 radical (unpaired) electrons. The van der Waals surface area contributed by atoms with Crippen molar-refractivity contribution in [2.24, 2.45) is 0 Å². The van der Waals surface area contributed by atoms with Crippen molar-refractivity contribution < 1.29 is 0 Å². The van der Waals surface area contributed by atoms with Crippen LogP contribution in [0.25, 0.3) is 0 Å². The smallest absolute Gasteiger partial charge is 0.149 e. The maximum absolute atomic E-state index is 6.25. The highest BCUT2D eigenvalue weighted by atomic mass is 35.5. The Balaban J connectivity index is 2.76. The minimum absolute atomic E-state index is 0.564. The van der Waals surface area contributed by atoms with E-state index in [1.807, 2.05) is 7.05 Å². The zero-order valence-electron chi connectivity index (χ0n) is 12.7. The molecule has 0 aliphatic heterocycles. The fourth-order valence-electron chi connectivity index (χ4n) is 1.82. The maximum Gasteiger partial charge on any atom is 0.149 e. The van der Waals surface area contributed by atoms with Gasteiger partial charge in [0.25, 0.3) is 0 Å². The fraction of sp³-hybridized carbons (Fsp3) is 0.643. The van der Waals surface area contributed by atoms with Crippen LogP contribution in [0.2, 0.25) is 10.0 Å². The number of hydrogen-bond donors (Lipinski definition) is 1. The van der Waals surface area contributed by atoms with E-state index >= 15 is 0 Å². The van der Waals surface area contributed by atoms with E-state index in [1.165, 1.54) is 0 Å². The molecule has 0 saturated heterocycles. The van der Waals surface area contributed by atoms with Gasteiger partial charge >= 0.3 is 0 Å². The molecule has 20 heavy (non-hydrogen) atoms. The van der Waals surface area contributed by atoms with E-state index in [0.29, 0.717) is 15.9 Å². The number of nitrogens with one attached hydrogen (secondary N) is 1. The Morgan fingerprint density at radius 2 is 1.85 bits per heavy atom. The number of hydrogen-bond acceptors (Lipinski definition) is 4. The fourth-order valence-corrected chi connectivity index (χ4v) is 2.39. The third-order valence-electron chi connectivity index (χ3n) is 2.91. The van der Waals surface area contributed by atoms with Crippen LogP contribution in [0.3, 0.4) is 0 Å². The average Bonchev–Trinajstić information content (AvgIpc) is 2.37. The van der Waals surface area contributed by atoms with Crippen molar-refractivity contribution in [3.05, 3.63) is 16.1 Å². The van der Waals surface area contributed by atoms with Crippen LogP contribution in [0, 0.1) is 0 Å². The maximum atomic E-state index is 6.25. The van der Waals surface area contributed by atoms with Crippen molar-refractivity contribution in [3.8, 4) is 0 Å². The Morgan fingerprint density at radius 1 is 1.15 bits per heavy atom. The molecule has 114 valence electrons. The number of halogens is 2. The van der Waals surface area contributed by atoms with Gasteiger partial charge in [0.15, 0.2) is 0 Å². The summed E-state index contributed by atoms with van der Waals surface area (Å²) in [6.07, 6.45) is 2.08. The molecule has 0 aromatic carbocycles. The van der Waals surface area contributed by atoms with Gasteiger partial charge in [-0.05, 0) is 39.5 Å². The van der Waals surface area contributed by atoms with E-state index in [4.69, 9.17) is 23.2 Å². The highest BCUT2D eigenvalue weighted by Gasteiger charge is 2.12. The molecule has 1 heterocycles. The van der Waals surface area contributed by atoms with Crippen LogP contribution in [-0.2, 0) is 0 Å². The monoisotopic (exact) mass is 318 g/mol. The van der Waals surface area contributed by atoms with Gasteiger partial charge in [-0.1, -0.05) is 30.1 Å². The molecule has 0 saturated carbocycles. The number of anilines is 2. The molecule has 1 rings (SSSR count). The molecule has 4 nitrogen and oxygen atoms in total. The first-order chi connectivity index (χ1) is 9.45. The molecule has 0 amide bonds. The third-order valence-corrected chi connectivity index (χ3v) is 3.48.